The molecule has 5 aliphatic rings. The summed E-state index contributed by atoms with van der Waals surface area (Å²) in [5.41, 5.74) is 8.25. The van der Waals surface area contributed by atoms with Crippen LogP contribution in [0.4, 0.5) is 17.1 Å². The number of hydrogen-bond donors (Lipinski definition) is 2. The minimum atomic E-state index is -3.84. The SMILES string of the molecule is CN1CCNCC1.C[C@@H]1CN(c2ccnc3nccnc23)C[C@H](CN2CCN(C)CC2)O1.C[C@@H]1CN(c2ccnc3nccnc23)C[C@H](CO)O1.Cc1ccc(S(=O)(=O)OC[C@H]2CN(c3ccnc4nccnc34)C[C@@H](C)O2)cc1. The maximum absolute atomic E-state index is 12.5. The highest BCUT2D eigenvalue weighted by molar-refractivity contribution is 7.86. The Balaban J connectivity index is 0.000000139. The van der Waals surface area contributed by atoms with Gasteiger partial charge >= 0.3 is 0 Å². The highest BCUT2D eigenvalue weighted by Crippen LogP contribution is 2.29. The molecule has 11 heterocycles. The van der Waals surface area contributed by atoms with Crippen molar-refractivity contribution in [1.82, 2.24) is 64.9 Å². The van der Waals surface area contributed by atoms with E-state index in [0.717, 1.165) is 99.1 Å². The second kappa shape index (κ2) is 27.9. The number of ether oxygens (including phenoxy) is 3. The Morgan fingerprint density at radius 3 is 1.38 bits per heavy atom. The maximum Gasteiger partial charge on any atom is 0.297 e. The molecular formula is C56H76N16O7S. The van der Waals surface area contributed by atoms with E-state index in [1.807, 2.05) is 45.2 Å². The van der Waals surface area contributed by atoms with Crippen molar-refractivity contribution >= 4 is 60.7 Å². The van der Waals surface area contributed by atoms with Crippen LogP contribution in [0.5, 0.6) is 0 Å². The van der Waals surface area contributed by atoms with Crippen LogP contribution in [-0.2, 0) is 28.5 Å². The van der Waals surface area contributed by atoms with Gasteiger partial charge in [-0.15, -0.1) is 0 Å². The fourth-order valence-electron chi connectivity index (χ4n) is 10.4. The third-order valence-electron chi connectivity index (χ3n) is 14.4. The van der Waals surface area contributed by atoms with Crippen LogP contribution in [0, 0.1) is 6.92 Å². The molecule has 0 aliphatic carbocycles. The number of aliphatic hydroxyl groups excluding tert-OH is 1. The molecule has 12 rings (SSSR count). The van der Waals surface area contributed by atoms with Crippen molar-refractivity contribution in [3.05, 3.63) is 104 Å². The van der Waals surface area contributed by atoms with Gasteiger partial charge in [0.05, 0.1) is 65.7 Å². The molecule has 5 saturated heterocycles. The zero-order valence-corrected chi connectivity index (χ0v) is 47.6. The Morgan fingerprint density at radius 1 is 0.525 bits per heavy atom. The molecule has 23 nitrogen and oxygen atoms in total. The second-order valence-electron chi connectivity index (χ2n) is 21.0. The number of pyridine rings is 3. The van der Waals surface area contributed by atoms with E-state index in [0.29, 0.717) is 42.1 Å². The lowest BCUT2D eigenvalue weighted by molar-refractivity contribution is -0.0420. The van der Waals surface area contributed by atoms with Gasteiger partial charge in [-0.2, -0.15) is 8.42 Å². The number of nitrogens with one attached hydrogen (secondary N) is 1. The molecule has 80 heavy (non-hydrogen) atoms. The molecule has 0 saturated carbocycles. The van der Waals surface area contributed by atoms with Gasteiger partial charge in [0.2, 0.25) is 0 Å². The Hall–Kier alpha value is -6.32. The van der Waals surface area contributed by atoms with Gasteiger partial charge in [-0.25, -0.2) is 44.9 Å². The highest BCUT2D eigenvalue weighted by atomic mass is 32.2. The number of aliphatic hydroxyl groups is 1. The molecule has 0 amide bonds. The van der Waals surface area contributed by atoms with Crippen LogP contribution in [0.2, 0.25) is 0 Å². The zero-order valence-electron chi connectivity index (χ0n) is 46.7. The second-order valence-corrected chi connectivity index (χ2v) is 22.6. The van der Waals surface area contributed by atoms with Crippen molar-refractivity contribution in [2.45, 2.75) is 69.2 Å². The molecular weight excluding hydrogens is 1040 g/mol. The predicted octanol–water partition coefficient (Wildman–Crippen LogP) is 3.33. The number of aromatic nitrogens is 9. The quantitative estimate of drug-likeness (QED) is 0.187. The lowest BCUT2D eigenvalue weighted by atomic mass is 10.1. The standard InChI is InChI=1S/C20H22N4O4S.C18H26N6O.C13H16N4O2.C5H12N2/c1-14-3-5-17(6-4-14)29(25,26)27-13-16-12-24(11-15(2)28-16)18-7-8-22-20-19(18)21-9-10-23-20;1-14-11-24(16-3-4-20-18-17(16)19-5-6-21-18)13-15(25-14)12-23-9-7-22(2)8-10-23;1-9-6-17(7-10(8-18)19-9)11-2-3-15-13-12(11)14-4-5-16-13;1-7-4-2-6-3-5-7/h3-10,15-16H,11-13H2,1-2H3;3-6,14-15H,7-13H2,1-2H3;2-5,9-10,18H,6-8H2,1H3;6H,2-5H2,1H3/t15-,16-;14-,15+;9-,10-;/m111./s1. The summed E-state index contributed by atoms with van der Waals surface area (Å²) in [7, 11) is 0.500. The number of nitrogens with zero attached hydrogens (tertiary/aromatic N) is 15. The van der Waals surface area contributed by atoms with Crippen LogP contribution >= 0.6 is 0 Å². The van der Waals surface area contributed by atoms with Gasteiger partial charge in [0, 0.05) is 154 Å². The molecule has 0 bridgehead atoms. The fourth-order valence-corrected chi connectivity index (χ4v) is 11.3. The number of benzene rings is 1. The number of hydrogen-bond acceptors (Lipinski definition) is 23. The van der Waals surface area contributed by atoms with Crippen molar-refractivity contribution < 1.29 is 31.9 Å². The Kier molecular flexibility index (Phi) is 20.3. The number of rotatable bonds is 10. The summed E-state index contributed by atoms with van der Waals surface area (Å²) in [6.45, 7) is 22.5. The van der Waals surface area contributed by atoms with E-state index >= 15 is 0 Å². The van der Waals surface area contributed by atoms with Gasteiger partial charge in [-0.3, -0.25) is 9.08 Å². The molecule has 7 aromatic rings. The molecule has 5 aliphatic heterocycles. The number of morpholine rings is 3. The van der Waals surface area contributed by atoms with Crippen LogP contribution in [-0.4, -0.2) is 235 Å². The molecule has 2 N–H and O–H groups in total. The zero-order chi connectivity index (χ0) is 56.0. The van der Waals surface area contributed by atoms with E-state index < -0.39 is 16.2 Å². The van der Waals surface area contributed by atoms with Gasteiger partial charge in [0.15, 0.2) is 16.9 Å². The first-order valence-corrected chi connectivity index (χ1v) is 28.9. The molecule has 24 heteroatoms. The van der Waals surface area contributed by atoms with Crippen LogP contribution in [0.3, 0.4) is 0 Å². The van der Waals surface area contributed by atoms with Crippen LogP contribution < -0.4 is 20.0 Å². The van der Waals surface area contributed by atoms with Crippen LogP contribution in [0.25, 0.3) is 33.5 Å². The monoisotopic (exact) mass is 1120 g/mol. The number of anilines is 3. The molecule has 6 aromatic heterocycles. The summed E-state index contributed by atoms with van der Waals surface area (Å²) in [5, 5.41) is 12.6. The van der Waals surface area contributed by atoms with Crippen LogP contribution in [0.15, 0.2) is 103 Å². The summed E-state index contributed by atoms with van der Waals surface area (Å²) in [6, 6.07) is 12.4. The van der Waals surface area contributed by atoms with E-state index in [2.05, 4.69) is 101 Å². The van der Waals surface area contributed by atoms with Crippen molar-refractivity contribution in [3.8, 4) is 0 Å². The van der Waals surface area contributed by atoms with E-state index in [4.69, 9.17) is 18.4 Å². The average molecular weight is 1120 g/mol. The van der Waals surface area contributed by atoms with Gasteiger partial charge in [0.1, 0.15) is 22.7 Å². The third kappa shape index (κ3) is 15.8. The first-order chi connectivity index (χ1) is 38.8. The minimum absolute atomic E-state index is 0.0233. The normalized spacial score (nSPS) is 23.4. The summed E-state index contributed by atoms with van der Waals surface area (Å²) >= 11 is 0. The first-order valence-electron chi connectivity index (χ1n) is 27.5. The Morgan fingerprint density at radius 2 is 0.925 bits per heavy atom. The topological polar surface area (TPSA) is 239 Å². The highest BCUT2D eigenvalue weighted by Gasteiger charge is 2.32. The summed E-state index contributed by atoms with van der Waals surface area (Å²) in [5.74, 6) is 0. The lowest BCUT2D eigenvalue weighted by Crippen LogP contribution is -2.53. The fraction of sp³-hybridized carbons (Fsp3) is 0.518. The maximum atomic E-state index is 12.5. The van der Waals surface area contributed by atoms with E-state index in [1.165, 1.54) is 13.1 Å². The van der Waals surface area contributed by atoms with Gasteiger partial charge in [0.25, 0.3) is 10.1 Å². The van der Waals surface area contributed by atoms with Gasteiger partial charge in [-0.05, 0) is 72.1 Å². The molecule has 1 aromatic carbocycles. The van der Waals surface area contributed by atoms with Crippen LogP contribution in [0.1, 0.15) is 26.3 Å². The summed E-state index contributed by atoms with van der Waals surface area (Å²) < 4.78 is 48.1. The summed E-state index contributed by atoms with van der Waals surface area (Å²) in [6.07, 6.45) is 15.0. The third-order valence-corrected chi connectivity index (χ3v) is 15.7. The molecule has 6 atom stereocenters. The smallest absolute Gasteiger partial charge is 0.297 e. The first kappa shape index (κ1) is 58.3. The number of likely N-dealkylation sites (N-methyl/N-ethyl adjacent to an activating group) is 2. The number of aryl methyl sites for hydroxylation is 1. The van der Waals surface area contributed by atoms with Gasteiger partial charge < -0.3 is 49.1 Å². The predicted molar refractivity (Wildman–Crippen MR) is 307 cm³/mol. The van der Waals surface area contributed by atoms with E-state index in [1.54, 1.807) is 73.8 Å². The average Bonchev–Trinajstić information content (AvgIpc) is 3.48. The van der Waals surface area contributed by atoms with Crippen molar-refractivity contribution in [1.29, 1.82) is 0 Å². The number of fused-ring (bicyclic) bond motifs is 3. The molecule has 0 spiro atoms. The molecule has 0 unspecified atom stereocenters. The van der Waals surface area contributed by atoms with Crippen molar-refractivity contribution in [3.63, 3.8) is 0 Å². The largest absolute Gasteiger partial charge is 0.394 e. The molecule has 0 radical (unpaired) electrons. The van der Waals surface area contributed by atoms with Crippen molar-refractivity contribution in [2.75, 3.05) is 140 Å². The van der Waals surface area contributed by atoms with E-state index in [9.17, 15) is 13.5 Å². The van der Waals surface area contributed by atoms with E-state index in [-0.39, 0.29) is 48.6 Å². The van der Waals surface area contributed by atoms with Crippen molar-refractivity contribution in [2.24, 2.45) is 0 Å². The summed E-state index contributed by atoms with van der Waals surface area (Å²) in [4.78, 5) is 52.9. The molecule has 5 fully saturated rings. The minimum Gasteiger partial charge on any atom is -0.394 e. The number of piperazine rings is 2. The molecule has 428 valence electrons. The van der Waals surface area contributed by atoms with Gasteiger partial charge in [-0.1, -0.05) is 17.7 Å². The Labute approximate surface area is 468 Å². The Bertz CT molecular complexity index is 3160. The lowest BCUT2D eigenvalue weighted by Gasteiger charge is -2.41.